The predicted octanol–water partition coefficient (Wildman–Crippen LogP) is 2.34. The van der Waals surface area contributed by atoms with Gasteiger partial charge in [0.1, 0.15) is 6.61 Å². The molecule has 1 aliphatic rings. The van der Waals surface area contributed by atoms with Crippen LogP contribution in [0.15, 0.2) is 5.16 Å². The van der Waals surface area contributed by atoms with Gasteiger partial charge in [0.05, 0.1) is 11.8 Å². The smallest absolute Gasteiger partial charge is 0.411 e. The summed E-state index contributed by atoms with van der Waals surface area (Å²) in [6, 6.07) is 0. The van der Waals surface area contributed by atoms with Crippen LogP contribution < -0.4 is 0 Å². The monoisotopic (exact) mass is 211 g/mol. The third-order valence-corrected chi connectivity index (χ3v) is 2.13. The molecule has 1 fully saturated rings. The first-order chi connectivity index (χ1) is 6.51. The number of nitrogens with zero attached hydrogens (tertiary/aromatic N) is 1. The Labute approximate surface area is 79.5 Å². The Balaban J connectivity index is 2.23. The van der Waals surface area contributed by atoms with Gasteiger partial charge in [-0.15, -0.1) is 0 Å². The number of halogens is 3. The molecule has 0 amide bonds. The molecule has 0 aromatic heterocycles. The van der Waals surface area contributed by atoms with Gasteiger partial charge in [0.15, 0.2) is 0 Å². The molecule has 1 rings (SSSR count). The van der Waals surface area contributed by atoms with Crippen molar-refractivity contribution in [3.05, 3.63) is 0 Å². The zero-order valence-corrected chi connectivity index (χ0v) is 7.55. The van der Waals surface area contributed by atoms with Crippen LogP contribution >= 0.6 is 0 Å². The molecule has 0 spiro atoms. The van der Waals surface area contributed by atoms with E-state index < -0.39 is 12.8 Å². The summed E-state index contributed by atoms with van der Waals surface area (Å²) in [6.07, 6.45) is -2.60. The topological polar surface area (TPSA) is 41.8 Å². The van der Waals surface area contributed by atoms with Crippen LogP contribution in [-0.4, -0.2) is 29.8 Å². The lowest BCUT2D eigenvalue weighted by molar-refractivity contribution is -0.186. The molecule has 0 saturated heterocycles. The van der Waals surface area contributed by atoms with Crippen molar-refractivity contribution in [1.29, 1.82) is 0 Å². The number of alkyl halides is 3. The molecule has 0 atom stereocenters. The quantitative estimate of drug-likeness (QED) is 0.562. The van der Waals surface area contributed by atoms with Crippen LogP contribution in [0.25, 0.3) is 0 Å². The van der Waals surface area contributed by atoms with Crippen LogP contribution in [0.4, 0.5) is 13.2 Å². The lowest BCUT2D eigenvalue weighted by Crippen LogP contribution is -2.27. The molecule has 0 heterocycles. The van der Waals surface area contributed by atoms with Crippen molar-refractivity contribution in [2.75, 3.05) is 6.61 Å². The molecule has 0 aromatic carbocycles. The Morgan fingerprint density at radius 1 is 1.36 bits per heavy atom. The van der Waals surface area contributed by atoms with Crippen molar-refractivity contribution < 1.29 is 23.1 Å². The van der Waals surface area contributed by atoms with Gasteiger partial charge >= 0.3 is 6.18 Å². The second-order valence-electron chi connectivity index (χ2n) is 3.29. The van der Waals surface area contributed by atoms with Gasteiger partial charge in [-0.25, -0.2) is 0 Å². The molecule has 0 unspecified atom stereocenters. The first-order valence-electron chi connectivity index (χ1n) is 4.39. The molecule has 14 heavy (non-hydrogen) atoms. The highest BCUT2D eigenvalue weighted by Gasteiger charge is 2.30. The summed E-state index contributed by atoms with van der Waals surface area (Å²) in [5.41, 5.74) is 0.636. The second kappa shape index (κ2) is 4.63. The Morgan fingerprint density at radius 3 is 2.36 bits per heavy atom. The maximum atomic E-state index is 11.8. The lowest BCUT2D eigenvalue weighted by Gasteiger charge is -2.23. The maximum absolute atomic E-state index is 11.8. The standard InChI is InChI=1S/C8H12F3NO2/c9-8(10,11)5-14-7-3-1-6(12-13)2-4-7/h7,13H,1-5H2. The fraction of sp³-hybridized carbons (Fsp3) is 0.875. The summed E-state index contributed by atoms with van der Waals surface area (Å²) in [5.74, 6) is 0. The molecule has 0 aliphatic heterocycles. The van der Waals surface area contributed by atoms with Gasteiger partial charge in [0.25, 0.3) is 0 Å². The molecule has 3 nitrogen and oxygen atoms in total. The highest BCUT2D eigenvalue weighted by atomic mass is 19.4. The SMILES string of the molecule is ON=C1CCC(OCC(F)(F)F)CC1. The number of oxime groups is 1. The van der Waals surface area contributed by atoms with Crippen LogP contribution in [0.1, 0.15) is 25.7 Å². The molecule has 6 heteroatoms. The van der Waals surface area contributed by atoms with E-state index in [1.165, 1.54) is 0 Å². The molecule has 0 radical (unpaired) electrons. The summed E-state index contributed by atoms with van der Waals surface area (Å²) in [7, 11) is 0. The molecular weight excluding hydrogens is 199 g/mol. The number of hydrogen-bond acceptors (Lipinski definition) is 3. The van der Waals surface area contributed by atoms with Gasteiger partial charge in [0, 0.05) is 0 Å². The first kappa shape index (κ1) is 11.3. The number of ether oxygens (including phenoxy) is 1. The minimum atomic E-state index is -4.26. The average Bonchev–Trinajstić information content (AvgIpc) is 2.14. The van der Waals surface area contributed by atoms with E-state index in [1.807, 2.05) is 0 Å². The summed E-state index contributed by atoms with van der Waals surface area (Å²) in [4.78, 5) is 0. The van der Waals surface area contributed by atoms with E-state index in [2.05, 4.69) is 9.89 Å². The van der Waals surface area contributed by atoms with Crippen molar-refractivity contribution in [2.24, 2.45) is 5.16 Å². The van der Waals surface area contributed by atoms with Crippen molar-refractivity contribution in [3.8, 4) is 0 Å². The van der Waals surface area contributed by atoms with Crippen molar-refractivity contribution in [1.82, 2.24) is 0 Å². The molecule has 0 bridgehead atoms. The fourth-order valence-electron chi connectivity index (χ4n) is 1.40. The van der Waals surface area contributed by atoms with Crippen LogP contribution in [0, 0.1) is 0 Å². The molecular formula is C8H12F3NO2. The van der Waals surface area contributed by atoms with Crippen molar-refractivity contribution in [3.63, 3.8) is 0 Å². The normalized spacial score (nSPS) is 23.6. The molecule has 82 valence electrons. The van der Waals surface area contributed by atoms with E-state index in [4.69, 9.17) is 5.21 Å². The largest absolute Gasteiger partial charge is 0.411 e. The fourth-order valence-corrected chi connectivity index (χ4v) is 1.40. The third-order valence-electron chi connectivity index (χ3n) is 2.13. The third kappa shape index (κ3) is 3.95. The van der Waals surface area contributed by atoms with Gasteiger partial charge in [-0.1, -0.05) is 5.16 Å². The van der Waals surface area contributed by atoms with Gasteiger partial charge < -0.3 is 9.94 Å². The highest BCUT2D eigenvalue weighted by Crippen LogP contribution is 2.22. The minimum absolute atomic E-state index is 0.359. The van der Waals surface area contributed by atoms with Gasteiger partial charge in [-0.05, 0) is 25.7 Å². The van der Waals surface area contributed by atoms with E-state index in [9.17, 15) is 13.2 Å². The van der Waals surface area contributed by atoms with E-state index in [0.29, 0.717) is 31.4 Å². The van der Waals surface area contributed by atoms with Gasteiger partial charge in [-0.2, -0.15) is 13.2 Å². The summed E-state index contributed by atoms with van der Waals surface area (Å²) in [5, 5.41) is 11.4. The van der Waals surface area contributed by atoms with E-state index >= 15 is 0 Å². The summed E-state index contributed by atoms with van der Waals surface area (Å²) >= 11 is 0. The van der Waals surface area contributed by atoms with Crippen LogP contribution in [0.2, 0.25) is 0 Å². The zero-order valence-electron chi connectivity index (χ0n) is 7.55. The first-order valence-corrected chi connectivity index (χ1v) is 4.39. The summed E-state index contributed by atoms with van der Waals surface area (Å²) < 4.78 is 40.0. The predicted molar refractivity (Wildman–Crippen MR) is 43.5 cm³/mol. The highest BCUT2D eigenvalue weighted by molar-refractivity contribution is 5.84. The zero-order chi connectivity index (χ0) is 10.6. The molecule has 1 saturated carbocycles. The molecule has 0 aromatic rings. The Morgan fingerprint density at radius 2 is 1.93 bits per heavy atom. The maximum Gasteiger partial charge on any atom is 0.411 e. The van der Waals surface area contributed by atoms with Gasteiger partial charge in [0.2, 0.25) is 0 Å². The van der Waals surface area contributed by atoms with E-state index in [0.717, 1.165) is 0 Å². The molecule has 1 N–H and O–H groups in total. The van der Waals surface area contributed by atoms with E-state index in [1.54, 1.807) is 0 Å². The Bertz CT molecular complexity index is 205. The Kier molecular flexibility index (Phi) is 3.74. The van der Waals surface area contributed by atoms with Crippen LogP contribution in [0.5, 0.6) is 0 Å². The molecule has 1 aliphatic carbocycles. The number of rotatable bonds is 2. The average molecular weight is 211 g/mol. The van der Waals surface area contributed by atoms with Gasteiger partial charge in [-0.3, -0.25) is 0 Å². The minimum Gasteiger partial charge on any atom is -0.411 e. The number of hydrogen-bond donors (Lipinski definition) is 1. The Hall–Kier alpha value is -0.780. The van der Waals surface area contributed by atoms with Crippen molar-refractivity contribution >= 4 is 5.71 Å². The lowest BCUT2D eigenvalue weighted by atomic mass is 9.96. The van der Waals surface area contributed by atoms with Crippen LogP contribution in [0.3, 0.4) is 0 Å². The summed E-state index contributed by atoms with van der Waals surface area (Å²) in [6.45, 7) is -1.19. The van der Waals surface area contributed by atoms with Crippen molar-refractivity contribution in [2.45, 2.75) is 38.0 Å². The van der Waals surface area contributed by atoms with Crippen LogP contribution in [-0.2, 0) is 4.74 Å². The van der Waals surface area contributed by atoms with E-state index in [-0.39, 0.29) is 6.10 Å². The second-order valence-corrected chi connectivity index (χ2v) is 3.29.